The summed E-state index contributed by atoms with van der Waals surface area (Å²) in [6.45, 7) is 1.11. The number of sulfonamides is 1. The van der Waals surface area contributed by atoms with E-state index in [1.807, 2.05) is 0 Å². The molecule has 1 aromatic carbocycles. The van der Waals surface area contributed by atoms with E-state index in [-0.39, 0.29) is 14.8 Å². The fraction of sp³-hybridized carbons (Fsp3) is 0.476. The van der Waals surface area contributed by atoms with Gasteiger partial charge in [-0.15, -0.1) is 0 Å². The lowest BCUT2D eigenvalue weighted by Crippen LogP contribution is -2.43. The first-order chi connectivity index (χ1) is 14.8. The average Bonchev–Trinajstić information content (AvgIpc) is 3.26. The van der Waals surface area contributed by atoms with Crippen LogP contribution in [0.3, 0.4) is 0 Å². The zero-order valence-corrected chi connectivity index (χ0v) is 18.7. The number of hydrogen-bond acceptors (Lipinski definition) is 6. The van der Waals surface area contributed by atoms with Crippen molar-refractivity contribution in [1.29, 1.82) is 0 Å². The second-order valence-electron chi connectivity index (χ2n) is 8.34. The van der Waals surface area contributed by atoms with E-state index in [1.54, 1.807) is 16.4 Å². The van der Waals surface area contributed by atoms with E-state index in [4.69, 9.17) is 0 Å². The van der Waals surface area contributed by atoms with Gasteiger partial charge in [-0.3, -0.25) is 14.9 Å². The van der Waals surface area contributed by atoms with Crippen LogP contribution in [0.15, 0.2) is 41.3 Å². The van der Waals surface area contributed by atoms with Crippen LogP contribution in [-0.4, -0.2) is 36.6 Å². The largest absolute Gasteiger partial charge is 0.324 e. The van der Waals surface area contributed by atoms with Gasteiger partial charge in [0.05, 0.1) is 14.7 Å². The molecule has 1 N–H and O–H groups in total. The van der Waals surface area contributed by atoms with Crippen molar-refractivity contribution in [2.75, 3.05) is 18.4 Å². The van der Waals surface area contributed by atoms with Gasteiger partial charge in [0.1, 0.15) is 0 Å². The third-order valence-electron chi connectivity index (χ3n) is 6.44. The van der Waals surface area contributed by atoms with Gasteiger partial charge in [-0.05, 0) is 61.4 Å². The molecule has 1 saturated carbocycles. The summed E-state index contributed by atoms with van der Waals surface area (Å²) in [6, 6.07) is 8.75. The molecular weight excluding hydrogens is 438 g/mol. The molecule has 0 atom stereocenters. The van der Waals surface area contributed by atoms with E-state index in [0.717, 1.165) is 24.2 Å². The summed E-state index contributed by atoms with van der Waals surface area (Å²) >= 11 is 0.790. The molecule has 1 spiro atoms. The maximum atomic E-state index is 13.1. The molecule has 2 heterocycles. The number of anilines is 1. The molecule has 0 unspecified atom stereocenters. The first-order valence-electron chi connectivity index (χ1n) is 10.4. The van der Waals surface area contributed by atoms with Crippen LogP contribution in [0.2, 0.25) is 0 Å². The van der Waals surface area contributed by atoms with Crippen molar-refractivity contribution in [2.24, 2.45) is 5.41 Å². The normalized spacial score (nSPS) is 19.2. The van der Waals surface area contributed by atoms with Gasteiger partial charge in [-0.1, -0.05) is 30.6 Å². The Morgan fingerprint density at radius 1 is 1.00 bits per heavy atom. The molecule has 1 aliphatic heterocycles. The topological polar surface area (TPSA) is 110 Å². The summed E-state index contributed by atoms with van der Waals surface area (Å²) in [6.07, 6.45) is 8.06. The summed E-state index contributed by atoms with van der Waals surface area (Å²) in [5.74, 6) is -0.470. The number of benzene rings is 1. The minimum atomic E-state index is -3.57. The van der Waals surface area contributed by atoms with E-state index in [0.29, 0.717) is 24.2 Å². The van der Waals surface area contributed by atoms with Crippen molar-refractivity contribution in [1.82, 2.24) is 4.31 Å². The third kappa shape index (κ3) is 4.65. The van der Waals surface area contributed by atoms with Gasteiger partial charge in [-0.2, -0.15) is 4.31 Å². The van der Waals surface area contributed by atoms with Gasteiger partial charge in [-0.25, -0.2) is 8.42 Å². The highest BCUT2D eigenvalue weighted by Gasteiger charge is 2.39. The molecule has 166 valence electrons. The van der Waals surface area contributed by atoms with Gasteiger partial charge in [0, 0.05) is 24.8 Å². The molecule has 10 heteroatoms. The smallest absolute Gasteiger partial charge is 0.321 e. The van der Waals surface area contributed by atoms with Gasteiger partial charge < -0.3 is 5.32 Å². The third-order valence-corrected chi connectivity index (χ3v) is 9.39. The van der Waals surface area contributed by atoms with Gasteiger partial charge in [0.25, 0.3) is 5.91 Å². The molecular formula is C21H25N3O5S2. The quantitative estimate of drug-likeness (QED) is 0.513. The monoisotopic (exact) mass is 463 g/mol. The number of hydrogen-bond donors (Lipinski definition) is 1. The standard InChI is InChI=1S/C21H25N3O5S2/c25-20(18-8-9-19(30-18)24(26)27)22-16-4-6-17(7-5-16)31(28,29)23-14-12-21(13-15-23)10-2-1-3-11-21/h4-9H,1-3,10-15H2,(H,22,25). The zero-order valence-electron chi connectivity index (χ0n) is 17.1. The van der Waals surface area contributed by atoms with Crippen LogP contribution >= 0.6 is 11.3 Å². The Bertz CT molecular complexity index is 1060. The highest BCUT2D eigenvalue weighted by Crippen LogP contribution is 2.45. The summed E-state index contributed by atoms with van der Waals surface area (Å²) < 4.78 is 27.7. The molecule has 4 rings (SSSR count). The van der Waals surface area contributed by atoms with E-state index in [2.05, 4.69) is 5.32 Å². The molecule has 1 saturated heterocycles. The van der Waals surface area contributed by atoms with Crippen molar-refractivity contribution in [3.05, 3.63) is 51.4 Å². The molecule has 8 nitrogen and oxygen atoms in total. The number of amides is 1. The number of nitro groups is 1. The fourth-order valence-electron chi connectivity index (χ4n) is 4.60. The Hall–Kier alpha value is -2.30. The Morgan fingerprint density at radius 2 is 1.65 bits per heavy atom. The Kier molecular flexibility index (Phi) is 6.14. The molecule has 31 heavy (non-hydrogen) atoms. The zero-order chi connectivity index (χ0) is 22.1. The molecule has 2 aromatic rings. The second-order valence-corrected chi connectivity index (χ2v) is 11.3. The lowest BCUT2D eigenvalue weighted by atomic mass is 9.68. The Balaban J connectivity index is 1.40. The van der Waals surface area contributed by atoms with Crippen LogP contribution in [-0.2, 0) is 10.0 Å². The predicted octanol–water partition coefficient (Wildman–Crippen LogP) is 4.64. The molecule has 0 radical (unpaired) electrons. The number of nitrogens with zero attached hydrogens (tertiary/aromatic N) is 2. The number of nitrogens with one attached hydrogen (secondary N) is 1. The molecule has 2 fully saturated rings. The van der Waals surface area contributed by atoms with Gasteiger partial charge in [0.2, 0.25) is 10.0 Å². The van der Waals surface area contributed by atoms with Crippen molar-refractivity contribution in [3.63, 3.8) is 0 Å². The highest BCUT2D eigenvalue weighted by molar-refractivity contribution is 7.89. The van der Waals surface area contributed by atoms with Crippen molar-refractivity contribution < 1.29 is 18.1 Å². The highest BCUT2D eigenvalue weighted by atomic mass is 32.2. The maximum Gasteiger partial charge on any atom is 0.324 e. The van der Waals surface area contributed by atoms with Crippen molar-refractivity contribution >= 4 is 38.0 Å². The van der Waals surface area contributed by atoms with Crippen LogP contribution < -0.4 is 5.32 Å². The fourth-order valence-corrected chi connectivity index (χ4v) is 6.76. The summed E-state index contributed by atoms with van der Waals surface area (Å²) in [5.41, 5.74) is 0.759. The van der Waals surface area contributed by atoms with Crippen molar-refractivity contribution in [3.8, 4) is 0 Å². The predicted molar refractivity (Wildman–Crippen MR) is 119 cm³/mol. The average molecular weight is 464 g/mol. The summed E-state index contributed by atoms with van der Waals surface area (Å²) in [4.78, 5) is 22.9. The molecule has 1 amide bonds. The summed E-state index contributed by atoms with van der Waals surface area (Å²) in [5, 5.41) is 13.3. The number of piperidine rings is 1. The Morgan fingerprint density at radius 3 is 2.23 bits per heavy atom. The van der Waals surface area contributed by atoms with E-state index in [9.17, 15) is 23.3 Å². The minimum Gasteiger partial charge on any atom is -0.321 e. The maximum absolute atomic E-state index is 13.1. The van der Waals surface area contributed by atoms with Crippen LogP contribution in [0.25, 0.3) is 0 Å². The van der Waals surface area contributed by atoms with Crippen molar-refractivity contribution in [2.45, 2.75) is 49.8 Å². The number of thiophene rings is 1. The number of rotatable bonds is 5. The number of carbonyl (C=O) groups excluding carboxylic acids is 1. The molecule has 1 aliphatic carbocycles. The van der Waals surface area contributed by atoms with Crippen LogP contribution in [0.4, 0.5) is 10.7 Å². The van der Waals surface area contributed by atoms with Crippen LogP contribution in [0, 0.1) is 15.5 Å². The Labute approximate surface area is 185 Å². The van der Waals surface area contributed by atoms with Gasteiger partial charge >= 0.3 is 5.00 Å². The second kappa shape index (κ2) is 8.68. The van der Waals surface area contributed by atoms with Crippen LogP contribution in [0.5, 0.6) is 0 Å². The van der Waals surface area contributed by atoms with Gasteiger partial charge in [0.15, 0.2) is 0 Å². The van der Waals surface area contributed by atoms with E-state index < -0.39 is 20.9 Å². The first kappa shape index (κ1) is 21.9. The van der Waals surface area contributed by atoms with E-state index in [1.165, 1.54) is 56.4 Å². The summed E-state index contributed by atoms with van der Waals surface area (Å²) in [7, 11) is -3.57. The van der Waals surface area contributed by atoms with E-state index >= 15 is 0 Å². The van der Waals surface area contributed by atoms with Crippen LogP contribution in [0.1, 0.15) is 54.6 Å². The minimum absolute atomic E-state index is 0.108. The lowest BCUT2D eigenvalue weighted by Gasteiger charge is -2.43. The first-order valence-corrected chi connectivity index (χ1v) is 12.7. The molecule has 0 bridgehead atoms. The lowest BCUT2D eigenvalue weighted by molar-refractivity contribution is -0.380. The number of carbonyl (C=O) groups is 1. The molecule has 1 aromatic heterocycles. The SMILES string of the molecule is O=C(Nc1ccc(S(=O)(=O)N2CCC3(CCCCC3)CC2)cc1)c1ccc([N+](=O)[O-])s1. The molecule has 2 aliphatic rings.